The lowest BCUT2D eigenvalue weighted by molar-refractivity contribution is -0.138. The van der Waals surface area contributed by atoms with Crippen LogP contribution in [0.5, 0.6) is 0 Å². The van der Waals surface area contributed by atoms with E-state index >= 15 is 0 Å². The van der Waals surface area contributed by atoms with Gasteiger partial charge in [0.2, 0.25) is 10.0 Å². The molecule has 3 aromatic rings. The van der Waals surface area contributed by atoms with Crippen molar-refractivity contribution in [1.29, 1.82) is 0 Å². The summed E-state index contributed by atoms with van der Waals surface area (Å²) in [6.07, 6.45) is -1.11. The minimum absolute atomic E-state index is 0.0141. The summed E-state index contributed by atoms with van der Waals surface area (Å²) in [5.41, 5.74) is -0.355. The number of hydrogen-bond donors (Lipinski definition) is 1. The number of benzene rings is 1. The number of aryl methyl sites for hydroxylation is 1. The fourth-order valence-electron chi connectivity index (χ4n) is 3.70. The van der Waals surface area contributed by atoms with Gasteiger partial charge in [-0.15, -0.1) is 0 Å². The van der Waals surface area contributed by atoms with Crippen LogP contribution in [-0.4, -0.2) is 76.6 Å². The zero-order chi connectivity index (χ0) is 25.4. The van der Waals surface area contributed by atoms with Gasteiger partial charge in [0.25, 0.3) is 5.89 Å². The van der Waals surface area contributed by atoms with Gasteiger partial charge in [0.1, 0.15) is 0 Å². The molecule has 15 heteroatoms. The molecule has 0 unspecified atom stereocenters. The molecule has 3 heterocycles. The lowest BCUT2D eigenvalue weighted by Gasteiger charge is -2.34. The maximum atomic E-state index is 13.8. The maximum Gasteiger partial charge on any atom is 0.416 e. The third-order valence-corrected chi connectivity index (χ3v) is 5.91. The summed E-state index contributed by atoms with van der Waals surface area (Å²) < 4.78 is 72.2. The molecule has 1 N–H and O–H groups in total. The number of nitrogens with zero attached hydrogens (tertiary/aromatic N) is 6. The van der Waals surface area contributed by atoms with Gasteiger partial charge in [-0.25, -0.2) is 13.2 Å². The largest absolute Gasteiger partial charge is 0.416 e. The Morgan fingerprint density at radius 1 is 1.20 bits per heavy atom. The minimum Gasteiger partial charge on any atom is -0.334 e. The van der Waals surface area contributed by atoms with E-state index in [1.54, 1.807) is 6.92 Å². The zero-order valence-corrected chi connectivity index (χ0v) is 19.6. The van der Waals surface area contributed by atoms with Crippen LogP contribution < -0.4 is 4.72 Å². The highest BCUT2D eigenvalue weighted by atomic mass is 32.2. The quantitative estimate of drug-likeness (QED) is 0.551. The van der Waals surface area contributed by atoms with Gasteiger partial charge in [-0.05, 0) is 24.6 Å². The van der Waals surface area contributed by atoms with Crippen molar-refractivity contribution in [3.63, 3.8) is 0 Å². The molecule has 1 amide bonds. The molecule has 2 aromatic heterocycles. The Morgan fingerprint density at radius 3 is 2.51 bits per heavy atom. The molecule has 11 nitrogen and oxygen atoms in total. The summed E-state index contributed by atoms with van der Waals surface area (Å²) in [4.78, 5) is 20.0. The number of anilines is 1. The fourth-order valence-corrected chi connectivity index (χ4v) is 4.24. The second-order valence-corrected chi connectivity index (χ2v) is 9.86. The molecular formula is C20H22F3N7O4S. The van der Waals surface area contributed by atoms with Crippen molar-refractivity contribution in [2.45, 2.75) is 19.6 Å². The smallest absolute Gasteiger partial charge is 0.334 e. The van der Waals surface area contributed by atoms with Gasteiger partial charge >= 0.3 is 12.2 Å². The van der Waals surface area contributed by atoms with E-state index in [2.05, 4.69) is 20.0 Å². The topological polar surface area (TPSA) is 126 Å². The molecule has 35 heavy (non-hydrogen) atoms. The molecule has 0 saturated carbocycles. The van der Waals surface area contributed by atoms with Crippen molar-refractivity contribution in [2.75, 3.05) is 37.2 Å². The van der Waals surface area contributed by atoms with Gasteiger partial charge < -0.3 is 9.42 Å². The monoisotopic (exact) mass is 513 g/mol. The summed E-state index contributed by atoms with van der Waals surface area (Å²) >= 11 is 0. The molecule has 188 valence electrons. The van der Waals surface area contributed by atoms with E-state index in [0.29, 0.717) is 18.9 Å². The third kappa shape index (κ3) is 5.97. The van der Waals surface area contributed by atoms with Gasteiger partial charge in [0.15, 0.2) is 5.82 Å². The number of rotatable bonds is 5. The highest BCUT2D eigenvalue weighted by Gasteiger charge is 2.35. The van der Waals surface area contributed by atoms with Crippen molar-refractivity contribution in [3.8, 4) is 11.5 Å². The number of nitrogens with one attached hydrogen (secondary N) is 1. The first kappa shape index (κ1) is 24.7. The number of carbonyl (C=O) groups excluding carboxylic acids is 1. The normalized spacial score (nSPS) is 15.4. The van der Waals surface area contributed by atoms with Gasteiger partial charge in [-0.3, -0.25) is 9.62 Å². The fraction of sp³-hybridized carbons (Fsp3) is 0.400. The first-order valence-corrected chi connectivity index (χ1v) is 12.3. The highest BCUT2D eigenvalue weighted by Crippen LogP contribution is 2.35. The minimum atomic E-state index is -4.57. The molecule has 0 atom stereocenters. The molecule has 1 saturated heterocycles. The number of aromatic nitrogens is 4. The van der Waals surface area contributed by atoms with E-state index in [-0.39, 0.29) is 42.3 Å². The zero-order valence-electron chi connectivity index (χ0n) is 18.8. The Bertz CT molecular complexity index is 1330. The van der Waals surface area contributed by atoms with Crippen molar-refractivity contribution >= 4 is 21.7 Å². The lowest BCUT2D eigenvalue weighted by atomic mass is 10.0. The molecule has 0 bridgehead atoms. The van der Waals surface area contributed by atoms with Crippen molar-refractivity contribution in [2.24, 2.45) is 0 Å². The van der Waals surface area contributed by atoms with Crippen molar-refractivity contribution in [1.82, 2.24) is 29.7 Å². The van der Waals surface area contributed by atoms with Gasteiger partial charge in [-0.2, -0.15) is 27.9 Å². The van der Waals surface area contributed by atoms with Crippen LogP contribution in [-0.2, 0) is 22.7 Å². The third-order valence-electron chi connectivity index (χ3n) is 5.31. The predicted molar refractivity (Wildman–Crippen MR) is 118 cm³/mol. The lowest BCUT2D eigenvalue weighted by Crippen LogP contribution is -2.49. The van der Waals surface area contributed by atoms with Crippen LogP contribution in [0.15, 0.2) is 35.1 Å². The van der Waals surface area contributed by atoms with Crippen LogP contribution in [0.1, 0.15) is 17.0 Å². The summed E-state index contributed by atoms with van der Waals surface area (Å²) in [6, 6.07) is 3.45. The Balaban J connectivity index is 1.42. The summed E-state index contributed by atoms with van der Waals surface area (Å²) in [6.45, 7) is 2.87. The molecular weight excluding hydrogens is 491 g/mol. The van der Waals surface area contributed by atoms with E-state index in [9.17, 15) is 26.4 Å². The average Bonchev–Trinajstić information content (AvgIpc) is 3.41. The summed E-state index contributed by atoms with van der Waals surface area (Å²) in [7, 11) is -3.51. The van der Waals surface area contributed by atoms with Crippen LogP contribution in [0.3, 0.4) is 0 Å². The standard InChI is InChI=1S/C20H22F3N7O4S/c1-13-25-18(34-26-13)14-3-4-15(17(9-14)20(21,22)23)11-28-5-7-29(8-6-28)19(31)30-12-16(10-24-30)27-35(2,32)33/h3-4,9-10,12,27H,5-8,11H2,1-2H3. The van der Waals surface area contributed by atoms with Crippen molar-refractivity contribution < 1.29 is 30.9 Å². The van der Waals surface area contributed by atoms with Crippen LogP contribution in [0.4, 0.5) is 23.7 Å². The van der Waals surface area contributed by atoms with Crippen LogP contribution in [0.25, 0.3) is 11.5 Å². The van der Waals surface area contributed by atoms with Crippen LogP contribution >= 0.6 is 0 Å². The molecule has 0 spiro atoms. The second-order valence-electron chi connectivity index (χ2n) is 8.11. The van der Waals surface area contributed by atoms with Crippen LogP contribution in [0.2, 0.25) is 0 Å². The van der Waals surface area contributed by atoms with Gasteiger partial charge in [-0.1, -0.05) is 11.2 Å². The van der Waals surface area contributed by atoms with E-state index in [1.807, 2.05) is 4.90 Å². The molecule has 1 fully saturated rings. The average molecular weight is 514 g/mol. The Hall–Kier alpha value is -3.46. The van der Waals surface area contributed by atoms with Gasteiger partial charge in [0, 0.05) is 38.3 Å². The summed E-state index contributed by atoms with van der Waals surface area (Å²) in [5, 5.41) is 7.49. The predicted octanol–water partition coefficient (Wildman–Crippen LogP) is 2.42. The van der Waals surface area contributed by atoms with E-state index < -0.39 is 27.8 Å². The SMILES string of the molecule is Cc1noc(-c2ccc(CN3CCN(C(=O)n4cc(NS(C)(=O)=O)cn4)CC3)c(C(F)(F)F)c2)n1. The van der Waals surface area contributed by atoms with Gasteiger partial charge in [0.05, 0.1) is 29.9 Å². The molecule has 1 aliphatic rings. The van der Waals surface area contributed by atoms with E-state index in [0.717, 1.165) is 17.0 Å². The Morgan fingerprint density at radius 2 is 1.91 bits per heavy atom. The number of amides is 1. The first-order chi connectivity index (χ1) is 16.4. The number of piperazine rings is 1. The molecule has 4 rings (SSSR count). The first-order valence-electron chi connectivity index (χ1n) is 10.4. The highest BCUT2D eigenvalue weighted by molar-refractivity contribution is 7.92. The maximum absolute atomic E-state index is 13.8. The number of sulfonamides is 1. The Kier molecular flexibility index (Phi) is 6.55. The number of hydrogen-bond acceptors (Lipinski definition) is 8. The molecule has 0 aliphatic carbocycles. The second kappa shape index (κ2) is 9.30. The molecule has 1 aliphatic heterocycles. The Labute approximate surface area is 198 Å². The van der Waals surface area contributed by atoms with E-state index in [4.69, 9.17) is 4.52 Å². The van der Waals surface area contributed by atoms with Crippen molar-refractivity contribution in [3.05, 3.63) is 47.5 Å². The molecule has 1 aromatic carbocycles. The molecule has 0 radical (unpaired) electrons. The van der Waals surface area contributed by atoms with E-state index in [1.165, 1.54) is 29.4 Å². The summed E-state index contributed by atoms with van der Waals surface area (Å²) in [5.74, 6) is 0.336. The van der Waals surface area contributed by atoms with Crippen LogP contribution in [0, 0.1) is 6.92 Å². The number of alkyl halides is 3. The number of carbonyl (C=O) groups is 1. The number of halogens is 3.